The molecule has 2 N–H and O–H groups in total. The van der Waals surface area contributed by atoms with Crippen LogP contribution >= 0.6 is 24.0 Å². The van der Waals surface area contributed by atoms with Crippen molar-refractivity contribution in [3.05, 3.63) is 0 Å². The molecule has 1 saturated heterocycles. The zero-order valence-electron chi connectivity index (χ0n) is 14.5. The molecule has 0 bridgehead atoms. The summed E-state index contributed by atoms with van der Waals surface area (Å²) in [5.74, 6) is 3.10. The lowest BCUT2D eigenvalue weighted by Gasteiger charge is -2.34. The third-order valence-electron chi connectivity index (χ3n) is 3.69. The Hall–Kier alpha value is -0.0400. The van der Waals surface area contributed by atoms with Crippen molar-refractivity contribution in [2.45, 2.75) is 40.5 Å². The molecule has 4 nitrogen and oxygen atoms in total. The van der Waals surface area contributed by atoms with Crippen molar-refractivity contribution >= 4 is 29.9 Å². The van der Waals surface area contributed by atoms with Crippen molar-refractivity contribution in [2.75, 3.05) is 39.8 Å². The monoisotopic (exact) mass is 410 g/mol. The number of hydrogen-bond donors (Lipinski definition) is 2. The maximum atomic E-state index is 4.29. The van der Waals surface area contributed by atoms with E-state index >= 15 is 0 Å². The molecular weight excluding hydrogens is 375 g/mol. The zero-order chi connectivity index (χ0) is 15.0. The highest BCUT2D eigenvalue weighted by Gasteiger charge is 2.20. The number of nitrogens with one attached hydrogen (secondary N) is 2. The molecule has 0 saturated carbocycles. The molecule has 0 aromatic rings. The van der Waals surface area contributed by atoms with E-state index in [4.69, 9.17) is 0 Å². The van der Waals surface area contributed by atoms with E-state index in [1.807, 2.05) is 7.05 Å². The standard InChI is InChI=1S/C16H34N4.HI/c1-13(2)9-18-16(17-5)19-10-15-7-6-8-20(12-15)11-14(3)4;/h13-15H,6-12H2,1-5H3,(H2,17,18,19);1H. The Morgan fingerprint density at radius 3 is 2.48 bits per heavy atom. The number of hydrogen-bond acceptors (Lipinski definition) is 2. The van der Waals surface area contributed by atoms with Gasteiger partial charge < -0.3 is 15.5 Å². The Balaban J connectivity index is 0.00000400. The van der Waals surface area contributed by atoms with E-state index < -0.39 is 0 Å². The van der Waals surface area contributed by atoms with Crippen LogP contribution in [0.15, 0.2) is 4.99 Å². The molecule has 21 heavy (non-hydrogen) atoms. The first-order chi connectivity index (χ1) is 9.51. The van der Waals surface area contributed by atoms with Gasteiger partial charge in [-0.3, -0.25) is 4.99 Å². The lowest BCUT2D eigenvalue weighted by Crippen LogP contribution is -2.45. The summed E-state index contributed by atoms with van der Waals surface area (Å²) >= 11 is 0. The lowest BCUT2D eigenvalue weighted by molar-refractivity contribution is 0.159. The van der Waals surface area contributed by atoms with Crippen molar-refractivity contribution in [1.29, 1.82) is 0 Å². The molecular formula is C16H35IN4. The average molecular weight is 410 g/mol. The Morgan fingerprint density at radius 2 is 1.90 bits per heavy atom. The molecule has 0 aromatic carbocycles. The topological polar surface area (TPSA) is 39.7 Å². The Kier molecular flexibility index (Phi) is 11.5. The first kappa shape index (κ1) is 21.0. The number of rotatable bonds is 6. The predicted octanol–water partition coefficient (Wildman–Crippen LogP) is 2.79. The van der Waals surface area contributed by atoms with Crippen LogP contribution in [0.3, 0.4) is 0 Å². The van der Waals surface area contributed by atoms with Gasteiger partial charge in [-0.05, 0) is 37.1 Å². The summed E-state index contributed by atoms with van der Waals surface area (Å²) in [6.07, 6.45) is 2.67. The van der Waals surface area contributed by atoms with Crippen molar-refractivity contribution < 1.29 is 0 Å². The van der Waals surface area contributed by atoms with Crippen LogP contribution in [0.25, 0.3) is 0 Å². The quantitative estimate of drug-likeness (QED) is 0.402. The molecule has 126 valence electrons. The smallest absolute Gasteiger partial charge is 0.190 e. The molecule has 0 radical (unpaired) electrons. The van der Waals surface area contributed by atoms with E-state index in [1.165, 1.54) is 32.5 Å². The highest BCUT2D eigenvalue weighted by atomic mass is 127. The average Bonchev–Trinajstić information content (AvgIpc) is 2.38. The second-order valence-corrected chi connectivity index (χ2v) is 6.89. The summed E-state index contributed by atoms with van der Waals surface area (Å²) < 4.78 is 0. The molecule has 0 aliphatic carbocycles. The van der Waals surface area contributed by atoms with Crippen molar-refractivity contribution in [1.82, 2.24) is 15.5 Å². The Morgan fingerprint density at radius 1 is 1.19 bits per heavy atom. The highest BCUT2D eigenvalue weighted by Crippen LogP contribution is 2.16. The van der Waals surface area contributed by atoms with Gasteiger partial charge in [0.15, 0.2) is 5.96 Å². The van der Waals surface area contributed by atoms with Crippen molar-refractivity contribution in [2.24, 2.45) is 22.7 Å². The second-order valence-electron chi connectivity index (χ2n) is 6.89. The molecule has 1 atom stereocenters. The number of likely N-dealkylation sites (tertiary alicyclic amines) is 1. The molecule has 1 heterocycles. The van der Waals surface area contributed by atoms with Gasteiger partial charge in [-0.2, -0.15) is 0 Å². The number of piperidine rings is 1. The van der Waals surface area contributed by atoms with Crippen molar-refractivity contribution in [3.8, 4) is 0 Å². The van der Waals surface area contributed by atoms with E-state index in [1.54, 1.807) is 0 Å². The molecule has 0 aromatic heterocycles. The van der Waals surface area contributed by atoms with E-state index in [9.17, 15) is 0 Å². The highest BCUT2D eigenvalue weighted by molar-refractivity contribution is 14.0. The molecule has 1 aliphatic heterocycles. The Labute approximate surface area is 148 Å². The van der Waals surface area contributed by atoms with E-state index in [0.717, 1.165) is 30.9 Å². The fraction of sp³-hybridized carbons (Fsp3) is 0.938. The summed E-state index contributed by atoms with van der Waals surface area (Å²) in [4.78, 5) is 6.91. The number of aliphatic imine (C=N–C) groups is 1. The summed E-state index contributed by atoms with van der Waals surface area (Å²) in [5, 5.41) is 6.86. The predicted molar refractivity (Wildman–Crippen MR) is 104 cm³/mol. The maximum absolute atomic E-state index is 4.29. The SMILES string of the molecule is CN=C(NCC(C)C)NCC1CCCN(CC(C)C)C1.I. The van der Waals surface area contributed by atoms with Crippen LogP contribution in [0.1, 0.15) is 40.5 Å². The Bertz CT molecular complexity index is 292. The summed E-state index contributed by atoms with van der Waals surface area (Å²) in [6, 6.07) is 0. The van der Waals surface area contributed by atoms with Crippen LogP contribution in [0.4, 0.5) is 0 Å². The summed E-state index contributed by atoms with van der Waals surface area (Å²) in [5.41, 5.74) is 0. The third-order valence-corrected chi connectivity index (χ3v) is 3.69. The lowest BCUT2D eigenvalue weighted by atomic mass is 9.97. The van der Waals surface area contributed by atoms with Crippen LogP contribution in [0.5, 0.6) is 0 Å². The number of guanidine groups is 1. The number of halogens is 1. The molecule has 1 fully saturated rings. The maximum Gasteiger partial charge on any atom is 0.190 e. The fourth-order valence-corrected chi connectivity index (χ4v) is 2.76. The zero-order valence-corrected chi connectivity index (χ0v) is 16.8. The van der Waals surface area contributed by atoms with Gasteiger partial charge in [0.25, 0.3) is 0 Å². The first-order valence-corrected chi connectivity index (χ1v) is 8.18. The molecule has 0 amide bonds. The van der Waals surface area contributed by atoms with Crippen LogP contribution < -0.4 is 10.6 Å². The van der Waals surface area contributed by atoms with Crippen LogP contribution in [0.2, 0.25) is 0 Å². The fourth-order valence-electron chi connectivity index (χ4n) is 2.76. The minimum Gasteiger partial charge on any atom is -0.356 e. The minimum atomic E-state index is 0. The normalized spacial score (nSPS) is 20.5. The molecule has 1 aliphatic rings. The largest absolute Gasteiger partial charge is 0.356 e. The van der Waals surface area contributed by atoms with E-state index in [2.05, 4.69) is 48.2 Å². The van der Waals surface area contributed by atoms with Gasteiger partial charge in [-0.1, -0.05) is 27.7 Å². The van der Waals surface area contributed by atoms with Gasteiger partial charge in [0, 0.05) is 33.2 Å². The molecule has 0 spiro atoms. The molecule has 5 heteroatoms. The van der Waals surface area contributed by atoms with E-state index in [-0.39, 0.29) is 24.0 Å². The minimum absolute atomic E-state index is 0. The molecule has 1 rings (SSSR count). The van der Waals surface area contributed by atoms with Gasteiger partial charge in [0.1, 0.15) is 0 Å². The van der Waals surface area contributed by atoms with Gasteiger partial charge in [-0.15, -0.1) is 24.0 Å². The second kappa shape index (κ2) is 11.5. The summed E-state index contributed by atoms with van der Waals surface area (Å²) in [7, 11) is 1.85. The number of nitrogens with zero attached hydrogens (tertiary/aromatic N) is 2. The molecule has 1 unspecified atom stereocenters. The summed E-state index contributed by atoms with van der Waals surface area (Å²) in [6.45, 7) is 14.8. The van der Waals surface area contributed by atoms with Crippen LogP contribution in [-0.4, -0.2) is 50.6 Å². The van der Waals surface area contributed by atoms with Crippen molar-refractivity contribution in [3.63, 3.8) is 0 Å². The van der Waals surface area contributed by atoms with Gasteiger partial charge in [-0.25, -0.2) is 0 Å². The van der Waals surface area contributed by atoms with Gasteiger partial charge in [0.2, 0.25) is 0 Å². The van der Waals surface area contributed by atoms with Crippen LogP contribution in [-0.2, 0) is 0 Å². The van der Waals surface area contributed by atoms with Gasteiger partial charge in [0.05, 0.1) is 0 Å². The first-order valence-electron chi connectivity index (χ1n) is 8.18. The third kappa shape index (κ3) is 9.55. The van der Waals surface area contributed by atoms with E-state index in [0.29, 0.717) is 5.92 Å². The van der Waals surface area contributed by atoms with Gasteiger partial charge >= 0.3 is 0 Å². The van der Waals surface area contributed by atoms with Crippen LogP contribution in [0, 0.1) is 17.8 Å².